The van der Waals surface area contributed by atoms with Crippen LogP contribution in [0.2, 0.25) is 0 Å². The van der Waals surface area contributed by atoms with Crippen molar-refractivity contribution >= 4 is 29.4 Å². The number of nitrogens with one attached hydrogen (secondary N) is 3. The van der Waals surface area contributed by atoms with Crippen LogP contribution in [0.15, 0.2) is 48.5 Å². The highest BCUT2D eigenvalue weighted by molar-refractivity contribution is 5.94. The summed E-state index contributed by atoms with van der Waals surface area (Å²) in [4.78, 5) is 39.4. The van der Waals surface area contributed by atoms with Crippen molar-refractivity contribution in [1.82, 2.24) is 25.2 Å². The topological polar surface area (TPSA) is 131 Å². The number of ether oxygens (including phenoxy) is 2. The first kappa shape index (κ1) is 32.3. The first-order valence-corrected chi connectivity index (χ1v) is 14.4. The van der Waals surface area contributed by atoms with Gasteiger partial charge in [0.15, 0.2) is 6.61 Å². The largest absolute Gasteiger partial charge is 0.494 e. The van der Waals surface area contributed by atoms with Crippen LogP contribution in [0.25, 0.3) is 0 Å². The van der Waals surface area contributed by atoms with Crippen molar-refractivity contribution in [2.45, 2.75) is 45.8 Å². The summed E-state index contributed by atoms with van der Waals surface area (Å²) in [6.45, 7) is 4.46. The number of amides is 2. The van der Waals surface area contributed by atoms with Gasteiger partial charge in [-0.3, -0.25) is 9.59 Å². The van der Waals surface area contributed by atoms with E-state index in [0.717, 1.165) is 18.4 Å². The molecule has 0 fully saturated rings. The van der Waals surface area contributed by atoms with Gasteiger partial charge >= 0.3 is 12.2 Å². The van der Waals surface area contributed by atoms with Gasteiger partial charge in [-0.2, -0.15) is 28.1 Å². The van der Waals surface area contributed by atoms with E-state index in [1.807, 2.05) is 43.0 Å². The summed E-state index contributed by atoms with van der Waals surface area (Å²) in [7, 11) is 0. The fourth-order valence-corrected chi connectivity index (χ4v) is 4.29. The molecule has 0 spiro atoms. The second kappa shape index (κ2) is 15.2. The van der Waals surface area contributed by atoms with Gasteiger partial charge in [0.2, 0.25) is 17.8 Å². The van der Waals surface area contributed by atoms with Crippen LogP contribution in [0, 0.1) is 5.92 Å². The van der Waals surface area contributed by atoms with Gasteiger partial charge in [-0.05, 0) is 61.2 Å². The molecule has 14 heteroatoms. The molecule has 3 N–H and O–H groups in total. The van der Waals surface area contributed by atoms with Crippen LogP contribution >= 0.6 is 0 Å². The standard InChI is InChI=1S/C30H36F3N7O4/c1-20(2)26(42)40-15-3-4-17-43-24-12-6-21(7-13-24)18-35-27-37-28(39-29(38-27)44-19-30(31,32)33)36-23-10-8-22(9-11-23)25(41)34-14-5-16-40/h6-13,20H,3-5,14-19H2,1-2H3,(H,34,41)(H2,35,36,37,38,39). The van der Waals surface area contributed by atoms with Crippen molar-refractivity contribution < 1.29 is 32.2 Å². The molecule has 2 amide bonds. The Morgan fingerprint density at radius 1 is 0.955 bits per heavy atom. The molecule has 0 radical (unpaired) electrons. The number of anilines is 3. The highest BCUT2D eigenvalue weighted by atomic mass is 19.4. The molecule has 1 aromatic heterocycles. The van der Waals surface area contributed by atoms with Crippen molar-refractivity contribution in [2.75, 3.05) is 43.5 Å². The maximum absolute atomic E-state index is 12.8. The number of carbonyl (C=O) groups excluding carboxylic acids is 2. The van der Waals surface area contributed by atoms with Crippen LogP contribution in [0.5, 0.6) is 11.8 Å². The normalized spacial score (nSPS) is 15.3. The number of hydrogen-bond donors (Lipinski definition) is 3. The number of halogens is 3. The van der Waals surface area contributed by atoms with Gasteiger partial charge in [-0.15, -0.1) is 0 Å². The lowest BCUT2D eigenvalue weighted by atomic mass is 10.1. The van der Waals surface area contributed by atoms with Gasteiger partial charge in [0, 0.05) is 43.3 Å². The second-order valence-corrected chi connectivity index (χ2v) is 10.5. The van der Waals surface area contributed by atoms with E-state index in [0.29, 0.717) is 49.7 Å². The molecule has 0 saturated carbocycles. The summed E-state index contributed by atoms with van der Waals surface area (Å²) < 4.78 is 49.0. The molecule has 11 nitrogen and oxygen atoms in total. The molecular formula is C30H36F3N7O4. The SMILES string of the molecule is CC(C)C(=O)N1CCCCOc2ccc(cc2)CNc2nc(nc(OCC(F)(F)F)n2)Nc2ccc(cc2)C(=O)NCCC1. The lowest BCUT2D eigenvalue weighted by Gasteiger charge is -2.25. The minimum Gasteiger partial charge on any atom is -0.494 e. The van der Waals surface area contributed by atoms with E-state index in [-0.39, 0.29) is 36.2 Å². The van der Waals surface area contributed by atoms with E-state index in [1.165, 1.54) is 0 Å². The monoisotopic (exact) mass is 615 g/mol. The molecule has 0 aliphatic carbocycles. The summed E-state index contributed by atoms with van der Waals surface area (Å²) in [5.41, 5.74) is 1.76. The first-order valence-electron chi connectivity index (χ1n) is 14.4. The Hall–Kier alpha value is -4.62. The fourth-order valence-electron chi connectivity index (χ4n) is 4.29. The molecule has 6 bridgehead atoms. The van der Waals surface area contributed by atoms with Crippen molar-refractivity contribution in [1.29, 1.82) is 0 Å². The number of hydrogen-bond acceptors (Lipinski definition) is 9. The molecule has 6 rings (SSSR count). The molecular weight excluding hydrogens is 579 g/mol. The van der Waals surface area contributed by atoms with Crippen LogP contribution in [0.1, 0.15) is 49.0 Å². The van der Waals surface area contributed by atoms with Crippen LogP contribution in [0.3, 0.4) is 0 Å². The van der Waals surface area contributed by atoms with E-state index >= 15 is 0 Å². The highest BCUT2D eigenvalue weighted by Crippen LogP contribution is 2.21. The zero-order valence-corrected chi connectivity index (χ0v) is 24.6. The number of fused-ring (bicyclic) bond motifs is 2. The Morgan fingerprint density at radius 3 is 2.36 bits per heavy atom. The summed E-state index contributed by atoms with van der Waals surface area (Å²) in [6, 6.07) is 13.3. The van der Waals surface area contributed by atoms with Crippen LogP contribution in [-0.2, 0) is 11.3 Å². The quantitative estimate of drug-likeness (QED) is 0.375. The third kappa shape index (κ3) is 10.3. The number of benzene rings is 2. The Morgan fingerprint density at radius 2 is 1.66 bits per heavy atom. The lowest BCUT2D eigenvalue weighted by molar-refractivity contribution is -0.154. The van der Waals surface area contributed by atoms with Crippen LogP contribution in [0.4, 0.5) is 30.8 Å². The van der Waals surface area contributed by atoms with Crippen molar-refractivity contribution in [2.24, 2.45) is 5.92 Å². The predicted molar refractivity (Wildman–Crippen MR) is 158 cm³/mol. The van der Waals surface area contributed by atoms with Gasteiger partial charge in [0.1, 0.15) is 5.75 Å². The third-order valence-corrected chi connectivity index (χ3v) is 6.54. The summed E-state index contributed by atoms with van der Waals surface area (Å²) in [5, 5.41) is 8.78. The van der Waals surface area contributed by atoms with Gasteiger partial charge < -0.3 is 30.3 Å². The molecule has 3 aliphatic rings. The van der Waals surface area contributed by atoms with E-state index in [2.05, 4.69) is 30.9 Å². The zero-order valence-electron chi connectivity index (χ0n) is 24.6. The molecule has 0 atom stereocenters. The van der Waals surface area contributed by atoms with Gasteiger partial charge in [0.05, 0.1) is 6.61 Å². The average molecular weight is 616 g/mol. The minimum absolute atomic E-state index is 0.00603. The van der Waals surface area contributed by atoms with Crippen molar-refractivity contribution in [3.05, 3.63) is 59.7 Å². The Labute approximate surface area is 253 Å². The molecule has 44 heavy (non-hydrogen) atoms. The molecule has 2 aromatic carbocycles. The van der Waals surface area contributed by atoms with Crippen LogP contribution in [-0.4, -0.2) is 70.7 Å². The number of carbonyl (C=O) groups is 2. The maximum Gasteiger partial charge on any atom is 0.422 e. The summed E-state index contributed by atoms with van der Waals surface area (Å²) in [6.07, 6.45) is -2.44. The van der Waals surface area contributed by atoms with E-state index in [1.54, 1.807) is 24.3 Å². The zero-order chi connectivity index (χ0) is 31.5. The number of alkyl halides is 3. The smallest absolute Gasteiger partial charge is 0.422 e. The average Bonchev–Trinajstić information content (AvgIpc) is 2.99. The Kier molecular flexibility index (Phi) is 11.2. The van der Waals surface area contributed by atoms with Gasteiger partial charge in [-0.25, -0.2) is 0 Å². The molecule has 4 heterocycles. The first-order chi connectivity index (χ1) is 21.1. The number of aromatic nitrogens is 3. The lowest BCUT2D eigenvalue weighted by Crippen LogP contribution is -2.37. The van der Waals surface area contributed by atoms with E-state index < -0.39 is 18.8 Å². The van der Waals surface area contributed by atoms with Crippen LogP contribution < -0.4 is 25.4 Å². The third-order valence-electron chi connectivity index (χ3n) is 6.54. The Bertz CT molecular complexity index is 1390. The number of rotatable bonds is 3. The number of nitrogens with zero attached hydrogens (tertiary/aromatic N) is 4. The Balaban J connectivity index is 1.52. The summed E-state index contributed by atoms with van der Waals surface area (Å²) in [5.74, 6) is 0.315. The molecule has 3 aromatic rings. The van der Waals surface area contributed by atoms with Crippen molar-refractivity contribution in [3.63, 3.8) is 0 Å². The predicted octanol–water partition coefficient (Wildman–Crippen LogP) is 4.95. The van der Waals surface area contributed by atoms with Gasteiger partial charge in [0.25, 0.3) is 5.91 Å². The molecule has 236 valence electrons. The maximum atomic E-state index is 12.8. The molecule has 3 aliphatic heterocycles. The second-order valence-electron chi connectivity index (χ2n) is 10.5. The molecule has 0 unspecified atom stereocenters. The van der Waals surface area contributed by atoms with E-state index in [4.69, 9.17) is 9.47 Å². The summed E-state index contributed by atoms with van der Waals surface area (Å²) >= 11 is 0. The highest BCUT2D eigenvalue weighted by Gasteiger charge is 2.29. The molecule has 0 saturated heterocycles. The van der Waals surface area contributed by atoms with Gasteiger partial charge in [-0.1, -0.05) is 26.0 Å². The minimum atomic E-state index is -4.57. The fraction of sp³-hybridized carbons (Fsp3) is 0.433. The van der Waals surface area contributed by atoms with Crippen molar-refractivity contribution in [3.8, 4) is 11.8 Å². The van der Waals surface area contributed by atoms with E-state index in [9.17, 15) is 22.8 Å².